The summed E-state index contributed by atoms with van der Waals surface area (Å²) in [4.78, 5) is 6.64. The Bertz CT molecular complexity index is 366. The minimum Gasteiger partial charge on any atom is -0.312 e. The van der Waals surface area contributed by atoms with E-state index >= 15 is 0 Å². The summed E-state index contributed by atoms with van der Waals surface area (Å²) in [5.74, 6) is 0. The number of hydrogen-bond acceptors (Lipinski definition) is 3. The smallest absolute Gasteiger partial charge is 0.0271 e. The van der Waals surface area contributed by atoms with E-state index in [0.29, 0.717) is 12.1 Å². The van der Waals surface area contributed by atoms with Gasteiger partial charge in [-0.15, -0.1) is 0 Å². The van der Waals surface area contributed by atoms with Crippen molar-refractivity contribution in [3.05, 3.63) is 30.1 Å². The SMILES string of the molecule is CCCNC1CCCCCC1N(C)Cc1ccncc1. The predicted molar refractivity (Wildman–Crippen MR) is 84.7 cm³/mol. The fraction of sp³-hybridized carbons (Fsp3) is 0.706. The van der Waals surface area contributed by atoms with Crippen LogP contribution in [0.25, 0.3) is 0 Å². The van der Waals surface area contributed by atoms with Gasteiger partial charge < -0.3 is 5.32 Å². The maximum Gasteiger partial charge on any atom is 0.0271 e. The number of hydrogen-bond donors (Lipinski definition) is 1. The lowest BCUT2D eigenvalue weighted by Gasteiger charge is -2.34. The van der Waals surface area contributed by atoms with Crippen LogP contribution in [-0.2, 0) is 6.54 Å². The third-order valence-electron chi connectivity index (χ3n) is 4.38. The van der Waals surface area contributed by atoms with Crippen LogP contribution in [0.4, 0.5) is 0 Å². The van der Waals surface area contributed by atoms with Gasteiger partial charge in [-0.1, -0.05) is 26.2 Å². The molecule has 2 rings (SSSR count). The highest BCUT2D eigenvalue weighted by Crippen LogP contribution is 2.23. The molecule has 2 atom stereocenters. The second-order valence-corrected chi connectivity index (χ2v) is 6.04. The molecule has 1 aromatic heterocycles. The van der Waals surface area contributed by atoms with Crippen LogP contribution in [0, 0.1) is 0 Å². The first-order valence-electron chi connectivity index (χ1n) is 8.13. The Labute approximate surface area is 123 Å². The second-order valence-electron chi connectivity index (χ2n) is 6.04. The molecule has 0 spiro atoms. The molecule has 1 aromatic rings. The standard InChI is InChI=1S/C17H29N3/c1-3-11-19-16-7-5-4-6-8-17(16)20(2)14-15-9-12-18-13-10-15/h9-10,12-13,16-17,19H,3-8,11,14H2,1-2H3. The van der Waals surface area contributed by atoms with Crippen molar-refractivity contribution in [3.63, 3.8) is 0 Å². The molecule has 0 amide bonds. The molecular formula is C17H29N3. The van der Waals surface area contributed by atoms with Crippen LogP contribution in [0.15, 0.2) is 24.5 Å². The highest BCUT2D eigenvalue weighted by Gasteiger charge is 2.26. The second kappa shape index (κ2) is 8.38. The predicted octanol–water partition coefficient (Wildman–Crippen LogP) is 3.21. The normalized spacial score (nSPS) is 23.8. The summed E-state index contributed by atoms with van der Waals surface area (Å²) in [6, 6.07) is 5.57. The maximum absolute atomic E-state index is 4.10. The van der Waals surface area contributed by atoms with Gasteiger partial charge in [0.1, 0.15) is 0 Å². The Kier molecular flexibility index (Phi) is 6.48. The zero-order chi connectivity index (χ0) is 14.2. The van der Waals surface area contributed by atoms with Gasteiger partial charge in [0.25, 0.3) is 0 Å². The van der Waals surface area contributed by atoms with E-state index < -0.39 is 0 Å². The molecule has 1 aliphatic rings. The van der Waals surface area contributed by atoms with Crippen molar-refractivity contribution >= 4 is 0 Å². The Balaban J connectivity index is 1.97. The van der Waals surface area contributed by atoms with E-state index in [2.05, 4.69) is 41.3 Å². The molecule has 1 N–H and O–H groups in total. The monoisotopic (exact) mass is 275 g/mol. The molecule has 0 bridgehead atoms. The highest BCUT2D eigenvalue weighted by molar-refractivity contribution is 5.09. The Morgan fingerprint density at radius 2 is 1.95 bits per heavy atom. The van der Waals surface area contributed by atoms with E-state index in [1.807, 2.05) is 12.4 Å². The van der Waals surface area contributed by atoms with Crippen LogP contribution in [0.3, 0.4) is 0 Å². The van der Waals surface area contributed by atoms with Crippen molar-refractivity contribution in [1.82, 2.24) is 15.2 Å². The van der Waals surface area contributed by atoms with Crippen molar-refractivity contribution in [3.8, 4) is 0 Å². The van der Waals surface area contributed by atoms with Gasteiger partial charge >= 0.3 is 0 Å². The van der Waals surface area contributed by atoms with Gasteiger partial charge in [-0.3, -0.25) is 9.88 Å². The van der Waals surface area contributed by atoms with Crippen molar-refractivity contribution in [1.29, 1.82) is 0 Å². The minimum atomic E-state index is 0.657. The zero-order valence-electron chi connectivity index (χ0n) is 13.0. The molecule has 1 heterocycles. The Morgan fingerprint density at radius 1 is 1.20 bits per heavy atom. The number of nitrogens with one attached hydrogen (secondary N) is 1. The Hall–Kier alpha value is -0.930. The van der Waals surface area contributed by atoms with Crippen LogP contribution in [-0.4, -0.2) is 35.6 Å². The number of aromatic nitrogens is 1. The van der Waals surface area contributed by atoms with E-state index in [-0.39, 0.29) is 0 Å². The molecule has 3 heteroatoms. The Morgan fingerprint density at radius 3 is 2.70 bits per heavy atom. The molecule has 0 radical (unpaired) electrons. The molecule has 112 valence electrons. The van der Waals surface area contributed by atoms with Crippen LogP contribution in [0.5, 0.6) is 0 Å². The molecular weight excluding hydrogens is 246 g/mol. The van der Waals surface area contributed by atoms with Crippen molar-refractivity contribution in [2.75, 3.05) is 13.6 Å². The quantitative estimate of drug-likeness (QED) is 0.808. The summed E-state index contributed by atoms with van der Waals surface area (Å²) in [6.45, 7) is 4.42. The lowest BCUT2D eigenvalue weighted by molar-refractivity contribution is 0.174. The summed E-state index contributed by atoms with van der Waals surface area (Å²) in [5.41, 5.74) is 1.36. The van der Waals surface area contributed by atoms with Crippen LogP contribution in [0.2, 0.25) is 0 Å². The van der Waals surface area contributed by atoms with Gasteiger partial charge in [-0.25, -0.2) is 0 Å². The lowest BCUT2D eigenvalue weighted by Crippen LogP contribution is -2.48. The summed E-state index contributed by atoms with van der Waals surface area (Å²) in [5, 5.41) is 3.77. The summed E-state index contributed by atoms with van der Waals surface area (Å²) >= 11 is 0. The largest absolute Gasteiger partial charge is 0.312 e. The lowest BCUT2D eigenvalue weighted by atomic mass is 10.0. The van der Waals surface area contributed by atoms with Gasteiger partial charge in [-0.2, -0.15) is 0 Å². The van der Waals surface area contributed by atoms with Crippen LogP contribution in [0.1, 0.15) is 51.0 Å². The number of likely N-dealkylation sites (N-methyl/N-ethyl adjacent to an activating group) is 1. The van der Waals surface area contributed by atoms with E-state index in [4.69, 9.17) is 0 Å². The maximum atomic E-state index is 4.10. The number of rotatable bonds is 6. The number of pyridine rings is 1. The first-order valence-corrected chi connectivity index (χ1v) is 8.13. The molecule has 0 aromatic carbocycles. The van der Waals surface area contributed by atoms with E-state index in [9.17, 15) is 0 Å². The minimum absolute atomic E-state index is 0.657. The molecule has 1 aliphatic carbocycles. The summed E-state index contributed by atoms with van der Waals surface area (Å²) in [6.07, 6.45) is 11.8. The van der Waals surface area contributed by atoms with E-state index in [1.54, 1.807) is 0 Å². The van der Waals surface area contributed by atoms with Gasteiger partial charge in [-0.05, 0) is 50.6 Å². The molecule has 20 heavy (non-hydrogen) atoms. The molecule has 2 unspecified atom stereocenters. The average Bonchev–Trinajstić information content (AvgIpc) is 2.71. The van der Waals surface area contributed by atoms with Crippen molar-refractivity contribution in [2.24, 2.45) is 0 Å². The fourth-order valence-electron chi connectivity index (χ4n) is 3.28. The molecule has 1 saturated carbocycles. The van der Waals surface area contributed by atoms with Crippen LogP contribution < -0.4 is 5.32 Å². The number of nitrogens with zero attached hydrogens (tertiary/aromatic N) is 2. The van der Waals surface area contributed by atoms with Gasteiger partial charge in [0.05, 0.1) is 0 Å². The van der Waals surface area contributed by atoms with Gasteiger partial charge in [0.2, 0.25) is 0 Å². The molecule has 1 fully saturated rings. The zero-order valence-corrected chi connectivity index (χ0v) is 13.0. The summed E-state index contributed by atoms with van der Waals surface area (Å²) < 4.78 is 0. The van der Waals surface area contributed by atoms with E-state index in [0.717, 1.165) is 13.1 Å². The van der Waals surface area contributed by atoms with E-state index in [1.165, 1.54) is 44.1 Å². The first kappa shape index (κ1) is 15.5. The molecule has 0 aliphatic heterocycles. The van der Waals surface area contributed by atoms with Gasteiger partial charge in [0.15, 0.2) is 0 Å². The van der Waals surface area contributed by atoms with Gasteiger partial charge in [0, 0.05) is 31.0 Å². The van der Waals surface area contributed by atoms with Crippen molar-refractivity contribution < 1.29 is 0 Å². The molecule has 0 saturated heterocycles. The highest BCUT2D eigenvalue weighted by atomic mass is 15.2. The third kappa shape index (κ3) is 4.57. The topological polar surface area (TPSA) is 28.2 Å². The first-order chi connectivity index (χ1) is 9.81. The van der Waals surface area contributed by atoms with Crippen molar-refractivity contribution in [2.45, 2.75) is 64.1 Å². The summed E-state index contributed by atoms with van der Waals surface area (Å²) in [7, 11) is 2.27. The average molecular weight is 275 g/mol. The third-order valence-corrected chi connectivity index (χ3v) is 4.38. The van der Waals surface area contributed by atoms with Crippen LogP contribution >= 0.6 is 0 Å². The molecule has 3 nitrogen and oxygen atoms in total. The fourth-order valence-corrected chi connectivity index (χ4v) is 3.28.